The monoisotopic (exact) mass is 316 g/mol. The van der Waals surface area contributed by atoms with Crippen molar-refractivity contribution in [3.8, 4) is 0 Å². The van der Waals surface area contributed by atoms with E-state index in [1.807, 2.05) is 0 Å². The van der Waals surface area contributed by atoms with Gasteiger partial charge in [0.1, 0.15) is 0 Å². The summed E-state index contributed by atoms with van der Waals surface area (Å²) in [4.78, 5) is 0. The molecule has 0 aromatic heterocycles. The van der Waals surface area contributed by atoms with Gasteiger partial charge in [0, 0.05) is 0 Å². The van der Waals surface area contributed by atoms with Crippen molar-refractivity contribution in [2.45, 2.75) is 0 Å². The minimum Gasteiger partial charge on any atom is -0.784 e. The SMILES string of the molecule is O=S(=O)(O)O.O=S([O-])[O-].[Ba+2]. The van der Waals surface area contributed by atoms with E-state index in [9.17, 15) is 0 Å². The van der Waals surface area contributed by atoms with Gasteiger partial charge in [0.15, 0.2) is 0 Å². The fourth-order valence-electron chi connectivity index (χ4n) is 0. The minimum atomic E-state index is -4.67. The van der Waals surface area contributed by atoms with Crippen molar-refractivity contribution < 1.29 is 30.8 Å². The van der Waals surface area contributed by atoms with E-state index in [0.29, 0.717) is 0 Å². The molecule has 0 atom stereocenters. The van der Waals surface area contributed by atoms with Crippen LogP contribution in [0.4, 0.5) is 0 Å². The number of hydrogen-bond donors (Lipinski definition) is 2. The smallest absolute Gasteiger partial charge is 0.784 e. The molecule has 0 unspecified atom stereocenters. The zero-order chi connectivity index (χ0) is 8.08. The maximum Gasteiger partial charge on any atom is 2.00 e. The molecule has 2 N–H and O–H groups in total. The van der Waals surface area contributed by atoms with Crippen LogP contribution >= 0.6 is 0 Å². The molecule has 0 bridgehead atoms. The van der Waals surface area contributed by atoms with Crippen LogP contribution in [-0.2, 0) is 21.8 Å². The van der Waals surface area contributed by atoms with E-state index >= 15 is 0 Å². The van der Waals surface area contributed by atoms with Gasteiger partial charge < -0.3 is 9.11 Å². The van der Waals surface area contributed by atoms with E-state index in [0.717, 1.165) is 0 Å². The van der Waals surface area contributed by atoms with Gasteiger partial charge in [-0.15, -0.1) is 11.4 Å². The number of rotatable bonds is 0. The van der Waals surface area contributed by atoms with Crippen molar-refractivity contribution in [1.82, 2.24) is 0 Å². The average molecular weight is 315 g/mol. The molecular weight excluding hydrogens is 313 g/mol. The second-order valence-corrected chi connectivity index (χ2v) is 1.96. The zero-order valence-electron chi connectivity index (χ0n) is 4.46. The van der Waals surface area contributed by atoms with Crippen molar-refractivity contribution in [3.63, 3.8) is 0 Å². The molecule has 0 aromatic rings. The predicted molar refractivity (Wildman–Crippen MR) is 29.6 cm³/mol. The molecule has 0 spiro atoms. The summed E-state index contributed by atoms with van der Waals surface area (Å²) in [5.41, 5.74) is 0. The Morgan fingerprint density at radius 1 is 1.20 bits per heavy atom. The zero-order valence-corrected chi connectivity index (χ0v) is 10.5. The molecule has 0 heterocycles. The van der Waals surface area contributed by atoms with Crippen LogP contribution in [-0.4, -0.2) is 79.7 Å². The second-order valence-electron chi connectivity index (χ2n) is 0.652. The second kappa shape index (κ2) is 8.61. The Kier molecular flexibility index (Phi) is 15.1. The van der Waals surface area contributed by atoms with Crippen LogP contribution in [0.1, 0.15) is 0 Å². The minimum absolute atomic E-state index is 0. The summed E-state index contributed by atoms with van der Waals surface area (Å²) < 4.78 is 56.9. The summed E-state index contributed by atoms with van der Waals surface area (Å²) in [6.07, 6.45) is 0. The standard InChI is InChI=1S/Ba.H2O4S.H2O3S/c;1-5(2,3)4;1-4(2)3/h;(H2,1,2,3,4);(H2,1,2,3)/q+2;;/p-2. The molecule has 0 aliphatic rings. The van der Waals surface area contributed by atoms with Gasteiger partial charge in [0.25, 0.3) is 0 Å². The Labute approximate surface area is 100.0 Å². The maximum absolute atomic E-state index is 8.74. The van der Waals surface area contributed by atoms with Crippen LogP contribution in [0.25, 0.3) is 0 Å². The molecule has 0 saturated heterocycles. The molecule has 10 heteroatoms. The van der Waals surface area contributed by atoms with Crippen LogP contribution in [0.5, 0.6) is 0 Å². The first-order valence-corrected chi connectivity index (χ1v) is 3.60. The molecule has 0 amide bonds. The first-order valence-electron chi connectivity index (χ1n) is 1.20. The molecule has 0 radical (unpaired) electrons. The Hall–Kier alpha value is 1.51. The maximum atomic E-state index is 8.74. The van der Waals surface area contributed by atoms with Crippen LogP contribution in [0.3, 0.4) is 0 Å². The van der Waals surface area contributed by atoms with Crippen LogP contribution in [0.15, 0.2) is 0 Å². The summed E-state index contributed by atoms with van der Waals surface area (Å²) in [6.45, 7) is 0. The van der Waals surface area contributed by atoms with Crippen LogP contribution in [0.2, 0.25) is 0 Å². The van der Waals surface area contributed by atoms with Crippen molar-refractivity contribution in [2.75, 3.05) is 0 Å². The van der Waals surface area contributed by atoms with Crippen LogP contribution < -0.4 is 0 Å². The van der Waals surface area contributed by atoms with E-state index in [1.165, 1.54) is 0 Å². The van der Waals surface area contributed by atoms with Gasteiger partial charge in [0.2, 0.25) is 0 Å². The van der Waals surface area contributed by atoms with E-state index in [4.69, 9.17) is 30.8 Å². The van der Waals surface area contributed by atoms with Gasteiger partial charge in [-0.25, -0.2) is 0 Å². The first kappa shape index (κ1) is 17.6. The molecule has 0 fully saturated rings. The molecule has 0 aliphatic heterocycles. The van der Waals surface area contributed by atoms with E-state index < -0.39 is 21.8 Å². The summed E-state index contributed by atoms with van der Waals surface area (Å²) in [7, 11) is -4.67. The third-order valence-electron chi connectivity index (χ3n) is 0. The predicted octanol–water partition coefficient (Wildman–Crippen LogP) is -2.04. The molecule has 0 aliphatic carbocycles. The van der Waals surface area contributed by atoms with E-state index in [2.05, 4.69) is 0 Å². The quantitative estimate of drug-likeness (QED) is 0.298. The van der Waals surface area contributed by atoms with Gasteiger partial charge in [-0.3, -0.25) is 13.3 Å². The first-order chi connectivity index (χ1) is 3.73. The van der Waals surface area contributed by atoms with Gasteiger partial charge in [-0.05, 0) is 0 Å². The number of hydrogen-bond acceptors (Lipinski definition) is 5. The molecular formula is H2BaO7S2. The van der Waals surface area contributed by atoms with E-state index in [-0.39, 0.29) is 48.9 Å². The van der Waals surface area contributed by atoms with Crippen molar-refractivity contribution in [3.05, 3.63) is 0 Å². The summed E-state index contributed by atoms with van der Waals surface area (Å²) in [6, 6.07) is 0. The normalized spacial score (nSPS) is 9.30. The summed E-state index contributed by atoms with van der Waals surface area (Å²) in [5.74, 6) is 0. The molecule has 58 valence electrons. The van der Waals surface area contributed by atoms with Crippen molar-refractivity contribution in [2.24, 2.45) is 0 Å². The van der Waals surface area contributed by atoms with Gasteiger partial charge >= 0.3 is 59.3 Å². The Morgan fingerprint density at radius 3 is 1.20 bits per heavy atom. The van der Waals surface area contributed by atoms with Crippen LogP contribution in [0, 0.1) is 0 Å². The Balaban J connectivity index is -0.0000000910. The van der Waals surface area contributed by atoms with E-state index in [1.54, 1.807) is 0 Å². The topological polar surface area (TPSA) is 138 Å². The van der Waals surface area contributed by atoms with Gasteiger partial charge in [-0.1, -0.05) is 0 Å². The van der Waals surface area contributed by atoms with Crippen molar-refractivity contribution in [1.29, 1.82) is 0 Å². The third-order valence-corrected chi connectivity index (χ3v) is 0. The molecule has 7 nitrogen and oxygen atoms in total. The molecule has 0 rings (SSSR count). The fraction of sp³-hybridized carbons (Fsp3) is 0. The Bertz CT molecular complexity index is 154. The average Bonchev–Trinajstić information content (AvgIpc) is 1.19. The third kappa shape index (κ3) is 302. The van der Waals surface area contributed by atoms with Crippen molar-refractivity contribution >= 4 is 70.6 Å². The Morgan fingerprint density at radius 2 is 1.20 bits per heavy atom. The largest absolute Gasteiger partial charge is 2.00 e. The van der Waals surface area contributed by atoms with Gasteiger partial charge in [0.05, 0.1) is 0 Å². The molecule has 0 aromatic carbocycles. The fourth-order valence-corrected chi connectivity index (χ4v) is 0. The van der Waals surface area contributed by atoms with Gasteiger partial charge in [-0.2, -0.15) is 8.42 Å². The summed E-state index contributed by atoms with van der Waals surface area (Å²) in [5, 5.41) is 0. The molecule has 10 heavy (non-hydrogen) atoms. The molecule has 0 saturated carbocycles. The summed E-state index contributed by atoms with van der Waals surface area (Å²) >= 11 is -3.11.